The summed E-state index contributed by atoms with van der Waals surface area (Å²) in [6, 6.07) is 35.9. The van der Waals surface area contributed by atoms with Crippen molar-refractivity contribution in [1.29, 1.82) is 0 Å². The monoisotopic (exact) mass is 426 g/mol. The maximum Gasteiger partial charge on any atom is 0.0713 e. The molecule has 1 aliphatic carbocycles. The molecule has 0 heterocycles. The van der Waals surface area contributed by atoms with E-state index in [1.54, 1.807) is 0 Å². The van der Waals surface area contributed by atoms with Crippen molar-refractivity contribution >= 4 is 0 Å². The fourth-order valence-corrected chi connectivity index (χ4v) is 4.63. The Morgan fingerprint density at radius 3 is 1.06 bits per heavy atom. The van der Waals surface area contributed by atoms with Crippen molar-refractivity contribution in [2.24, 2.45) is 0 Å². The van der Waals surface area contributed by atoms with Gasteiger partial charge in [0.05, 0.1) is 5.41 Å². The molecule has 0 saturated carbocycles. The van der Waals surface area contributed by atoms with Crippen LogP contribution in [0, 0.1) is 13.8 Å². The quantitative estimate of drug-likeness (QED) is 0.263. The Morgan fingerprint density at radius 2 is 0.719 bits per heavy atom. The lowest BCUT2D eigenvalue weighted by Crippen LogP contribution is -2.28. The topological polar surface area (TPSA) is 0 Å². The van der Waals surface area contributed by atoms with Crippen LogP contribution < -0.4 is 0 Å². The van der Waals surface area contributed by atoms with Crippen molar-refractivity contribution in [2.75, 3.05) is 0 Å². The molecule has 0 spiro atoms. The van der Waals surface area contributed by atoms with Crippen LogP contribution in [0.3, 0.4) is 0 Å². The first-order valence-electron chi connectivity index (χ1n) is 9.55. The summed E-state index contributed by atoms with van der Waals surface area (Å²) in [5.74, 6) is 0. The normalized spacial score (nSPS) is 11.7. The van der Waals surface area contributed by atoms with Gasteiger partial charge in [-0.3, -0.25) is 0 Å². The maximum atomic E-state index is 2.30. The van der Waals surface area contributed by atoms with E-state index in [-0.39, 0.29) is 42.5 Å². The van der Waals surface area contributed by atoms with E-state index in [2.05, 4.69) is 111 Å². The van der Waals surface area contributed by atoms with E-state index >= 15 is 0 Å². The van der Waals surface area contributed by atoms with Crippen LogP contribution in [0.5, 0.6) is 0 Å². The Balaban J connectivity index is 0.00000192. The minimum atomic E-state index is -0.269. The fraction of sp³-hybridized carbons (Fsp3) is 0.250. The van der Waals surface area contributed by atoms with Crippen LogP contribution in [0.1, 0.15) is 70.5 Å². The summed E-state index contributed by atoms with van der Waals surface area (Å²) < 4.78 is 0. The molecule has 5 rings (SSSR count). The second kappa shape index (κ2) is 11.0. The fourth-order valence-electron chi connectivity index (χ4n) is 4.63. The van der Waals surface area contributed by atoms with E-state index in [1.165, 1.54) is 44.5 Å². The number of hydrogen-bond acceptors (Lipinski definition) is 0. The second-order valence-corrected chi connectivity index (χ2v) is 7.57. The molecule has 0 N–H and O–H groups in total. The molecule has 0 heteroatoms. The number of rotatable bonds is 2. The Bertz CT molecular complexity index is 1020. The van der Waals surface area contributed by atoms with Crippen molar-refractivity contribution in [3.8, 4) is 11.1 Å². The van der Waals surface area contributed by atoms with E-state index in [0.717, 1.165) is 0 Å². The van der Waals surface area contributed by atoms with Crippen LogP contribution in [-0.4, -0.2) is 0 Å². The van der Waals surface area contributed by atoms with Gasteiger partial charge in [0.1, 0.15) is 0 Å². The van der Waals surface area contributed by atoms with Gasteiger partial charge in [0.15, 0.2) is 0 Å². The summed E-state index contributed by atoms with van der Waals surface area (Å²) >= 11 is 0. The molecule has 0 amide bonds. The first-order chi connectivity index (χ1) is 13.2. The molecule has 0 atom stereocenters. The van der Waals surface area contributed by atoms with Crippen LogP contribution >= 0.6 is 0 Å². The van der Waals surface area contributed by atoms with Gasteiger partial charge in [0.2, 0.25) is 0 Å². The zero-order valence-electron chi connectivity index (χ0n) is 15.7. The first kappa shape index (κ1) is 28.9. The Labute approximate surface area is 198 Å². The Morgan fingerprint density at radius 1 is 0.406 bits per heavy atom. The summed E-state index contributed by atoms with van der Waals surface area (Å²) in [5, 5.41) is 0. The van der Waals surface area contributed by atoms with E-state index in [0.29, 0.717) is 0 Å². The van der Waals surface area contributed by atoms with Gasteiger partial charge in [0, 0.05) is 0 Å². The second-order valence-electron chi connectivity index (χ2n) is 7.57. The minimum Gasteiger partial charge on any atom is -0.0776 e. The van der Waals surface area contributed by atoms with Gasteiger partial charge >= 0.3 is 0 Å². The predicted molar refractivity (Wildman–Crippen MR) is 147 cm³/mol. The van der Waals surface area contributed by atoms with Gasteiger partial charge in [-0.05, 0) is 47.2 Å². The molecule has 0 nitrogen and oxygen atoms in total. The highest BCUT2D eigenvalue weighted by atomic mass is 14.5. The van der Waals surface area contributed by atoms with E-state index in [9.17, 15) is 0 Å². The number of fused-ring (bicyclic) bond motifs is 3. The summed E-state index contributed by atoms with van der Waals surface area (Å²) in [5.41, 5.74) is 10.4. The minimum absolute atomic E-state index is 0. The average Bonchev–Trinajstić information content (AvgIpc) is 3.01. The molecule has 0 bridgehead atoms. The Kier molecular flexibility index (Phi) is 9.89. The maximum absolute atomic E-state index is 2.30. The predicted octanol–water partition coefficient (Wildman–Crippen LogP) is 9.85. The van der Waals surface area contributed by atoms with Crippen LogP contribution in [0.2, 0.25) is 0 Å². The van der Waals surface area contributed by atoms with Gasteiger partial charge in [-0.15, -0.1) is 0 Å². The summed E-state index contributed by atoms with van der Waals surface area (Å²) in [7, 11) is 0. The lowest BCUT2D eigenvalue weighted by molar-refractivity contribution is 0.767. The molecule has 0 aliphatic heterocycles. The molecule has 0 radical (unpaired) electrons. The number of hydrogen-bond donors (Lipinski definition) is 0. The number of aryl methyl sites for hydroxylation is 2. The first-order valence-corrected chi connectivity index (χ1v) is 9.55. The Hall–Kier alpha value is -3.12. The summed E-state index contributed by atoms with van der Waals surface area (Å²) in [4.78, 5) is 0. The molecule has 4 aromatic carbocycles. The molecule has 0 fully saturated rings. The van der Waals surface area contributed by atoms with Crippen molar-refractivity contribution in [3.05, 3.63) is 130 Å². The highest BCUT2D eigenvalue weighted by molar-refractivity contribution is 5.86. The third kappa shape index (κ3) is 4.02. The van der Waals surface area contributed by atoms with E-state index < -0.39 is 0 Å². The van der Waals surface area contributed by atoms with Crippen LogP contribution in [0.4, 0.5) is 0 Å². The van der Waals surface area contributed by atoms with Crippen LogP contribution in [-0.2, 0) is 5.41 Å². The molecule has 4 aromatic rings. The molecule has 0 unspecified atom stereocenters. The van der Waals surface area contributed by atoms with Gasteiger partial charge in [-0.1, -0.05) is 145 Å². The van der Waals surface area contributed by atoms with E-state index in [1.807, 2.05) is 0 Å². The van der Waals surface area contributed by atoms with Crippen LogP contribution in [0.25, 0.3) is 11.1 Å². The molecular weight excluding hydrogens is 384 g/mol. The summed E-state index contributed by atoms with van der Waals surface area (Å²) in [6.07, 6.45) is 0. The van der Waals surface area contributed by atoms with Crippen molar-refractivity contribution < 1.29 is 0 Å². The number of benzene rings is 4. The largest absolute Gasteiger partial charge is 0.0776 e. The third-order valence-corrected chi connectivity index (χ3v) is 5.92. The average molecular weight is 427 g/mol. The molecule has 0 saturated heterocycles. The molecule has 0 aromatic heterocycles. The molecule has 170 valence electrons. The van der Waals surface area contributed by atoms with E-state index in [4.69, 9.17) is 0 Å². The SMILES string of the molecule is C.C.C.C.C.Cc1ccc(C2(c3ccc(C)cc3)c3ccccc3-c3ccccc32)cc1. The van der Waals surface area contributed by atoms with Crippen molar-refractivity contribution in [3.63, 3.8) is 0 Å². The molecular formula is C32H42. The zero-order chi connectivity index (χ0) is 18.4. The smallest absolute Gasteiger partial charge is 0.0713 e. The van der Waals surface area contributed by atoms with Gasteiger partial charge in [-0.2, -0.15) is 0 Å². The van der Waals surface area contributed by atoms with Gasteiger partial charge in [0.25, 0.3) is 0 Å². The molecule has 32 heavy (non-hydrogen) atoms. The van der Waals surface area contributed by atoms with Crippen molar-refractivity contribution in [2.45, 2.75) is 56.4 Å². The van der Waals surface area contributed by atoms with Gasteiger partial charge < -0.3 is 0 Å². The summed E-state index contributed by atoms with van der Waals surface area (Å²) in [6.45, 7) is 4.30. The van der Waals surface area contributed by atoms with Crippen LogP contribution in [0.15, 0.2) is 97.1 Å². The highest BCUT2D eigenvalue weighted by Gasteiger charge is 2.45. The lowest BCUT2D eigenvalue weighted by atomic mass is 9.67. The molecule has 1 aliphatic rings. The third-order valence-electron chi connectivity index (χ3n) is 5.92. The van der Waals surface area contributed by atoms with Gasteiger partial charge in [-0.25, -0.2) is 0 Å². The zero-order valence-corrected chi connectivity index (χ0v) is 15.7. The highest BCUT2D eigenvalue weighted by Crippen LogP contribution is 2.55. The lowest BCUT2D eigenvalue weighted by Gasteiger charge is -2.34. The standard InChI is InChI=1S/C27H22.5CH4/c1-19-11-15-21(16-12-19)27(22-17-13-20(2)14-18-22)25-9-5-3-7-23(25)24-8-4-6-10-26(24)27;;;;;/h3-18H,1-2H3;5*1H4. The van der Waals surface area contributed by atoms with Crippen molar-refractivity contribution in [1.82, 2.24) is 0 Å².